The van der Waals surface area contributed by atoms with E-state index in [1.807, 2.05) is 75.5 Å². The normalized spacial score (nSPS) is 16.1. The lowest BCUT2D eigenvalue weighted by Gasteiger charge is -2.34. The highest BCUT2D eigenvalue weighted by Gasteiger charge is 2.39. The molecule has 0 unspecified atom stereocenters. The Kier molecular flexibility index (Phi) is 18.4. The van der Waals surface area contributed by atoms with Crippen molar-refractivity contribution in [3.63, 3.8) is 0 Å². The molecule has 0 fully saturated rings. The first kappa shape index (κ1) is 54.9. The number of aliphatic imine (C=N–C) groups is 1. The summed E-state index contributed by atoms with van der Waals surface area (Å²) in [6.07, 6.45) is 6.53. The number of carbonyl (C=O) groups excluding carboxylic acids is 3. The number of nitrogens with zero attached hydrogens (tertiary/aromatic N) is 4. The Morgan fingerprint density at radius 2 is 1.38 bits per heavy atom. The fourth-order valence-corrected chi connectivity index (χ4v) is 13.0. The van der Waals surface area contributed by atoms with Crippen molar-refractivity contribution in [2.45, 2.75) is 69.6 Å². The summed E-state index contributed by atoms with van der Waals surface area (Å²) in [5.74, 6) is 2.44. The molecule has 18 heteroatoms. The van der Waals surface area contributed by atoms with Gasteiger partial charge in [-0.15, -0.1) is 0 Å². The van der Waals surface area contributed by atoms with Crippen molar-refractivity contribution in [3.05, 3.63) is 124 Å². The number of thioether (sulfide) groups is 1. The van der Waals surface area contributed by atoms with Gasteiger partial charge in [-0.2, -0.15) is 0 Å². The molecule has 0 spiro atoms. The molecule has 2 atom stereocenters. The molecule has 4 heterocycles. The number of amides is 2. The van der Waals surface area contributed by atoms with Crippen LogP contribution < -0.4 is 39.0 Å². The molecule has 0 radical (unpaired) electrons. The summed E-state index contributed by atoms with van der Waals surface area (Å²) in [6.45, 7) is 8.97. The fraction of sp³-hybridized carbons (Fsp3) is 0.414. The van der Waals surface area contributed by atoms with Crippen LogP contribution in [0.3, 0.4) is 0 Å². The van der Waals surface area contributed by atoms with Gasteiger partial charge in [0.1, 0.15) is 13.2 Å². The highest BCUT2D eigenvalue weighted by Crippen LogP contribution is 2.44. The van der Waals surface area contributed by atoms with Crippen LogP contribution in [0.25, 0.3) is 0 Å². The van der Waals surface area contributed by atoms with Gasteiger partial charge in [0.25, 0.3) is 11.8 Å². The third kappa shape index (κ3) is 12.9. The van der Waals surface area contributed by atoms with Crippen LogP contribution in [0, 0.1) is 0 Å². The van der Waals surface area contributed by atoms with Crippen molar-refractivity contribution >= 4 is 84.9 Å². The van der Waals surface area contributed by atoms with Crippen LogP contribution >= 0.6 is 33.3 Å². The fourth-order valence-electron chi connectivity index (χ4n) is 10.0. The van der Waals surface area contributed by atoms with Gasteiger partial charge in [0.05, 0.1) is 81.8 Å². The number of hydrogen-bond donors (Lipinski definition) is 1. The second kappa shape index (κ2) is 25.5. The van der Waals surface area contributed by atoms with Crippen LogP contribution in [0.4, 0.5) is 28.4 Å². The highest BCUT2D eigenvalue weighted by atomic mass is 33.1. The quantitative estimate of drug-likeness (QED) is 0.0413. The first-order chi connectivity index (χ1) is 37.0. The van der Waals surface area contributed by atoms with E-state index in [4.69, 9.17) is 38.2 Å². The summed E-state index contributed by atoms with van der Waals surface area (Å²) in [5.41, 5.74) is 8.92. The number of methoxy groups -OCH3 is 3. The number of fused-ring (bicyclic) bond motifs is 8. The molecule has 15 nitrogen and oxygen atoms in total. The van der Waals surface area contributed by atoms with Gasteiger partial charge >= 0.3 is 0 Å². The Labute approximate surface area is 458 Å². The van der Waals surface area contributed by atoms with Crippen molar-refractivity contribution in [1.82, 2.24) is 0 Å². The zero-order chi connectivity index (χ0) is 53.2. The van der Waals surface area contributed by atoms with Gasteiger partial charge in [0.2, 0.25) is 0 Å². The third-order valence-electron chi connectivity index (χ3n) is 13.7. The Morgan fingerprint density at radius 1 is 0.750 bits per heavy atom. The molecule has 0 aliphatic carbocycles. The lowest BCUT2D eigenvalue weighted by atomic mass is 10.1. The standard InChI is InChI=1S/C58H67N5O10S3/c1-58(2,76-75-23-11-16-55(64)74-6)37-61(17-18-70-21-22-71-20-19-67-3)42-25-38(35-72-53-31-47-45(29-51(53)68-4)56(65)62-43(33-59-47)27-40-12-7-9-14-49(40)62)24-39(26-42)36-73-54-32-48-46(30-52(54)69-5)57(66)63-44(34-60-48)28-41-13-8-10-15-50(41)63/h7-10,12-15,24-26,29-33,43-44,60H,11,16-23,27-28,34-37H2,1-6H3/t43-,44-/m0/s1. The van der Waals surface area contributed by atoms with Gasteiger partial charge in [-0.1, -0.05) is 69.7 Å². The number of rotatable bonds is 26. The molecule has 76 heavy (non-hydrogen) atoms. The van der Waals surface area contributed by atoms with Gasteiger partial charge in [0, 0.05) is 85.5 Å². The molecule has 402 valence electrons. The molecule has 0 aromatic heterocycles. The van der Waals surface area contributed by atoms with Crippen molar-refractivity contribution in [1.29, 1.82) is 0 Å². The van der Waals surface area contributed by atoms with E-state index in [9.17, 15) is 14.4 Å². The Balaban J connectivity index is 0.999. The molecular formula is C58H67N5O10S3. The van der Waals surface area contributed by atoms with Gasteiger partial charge in [-0.25, -0.2) is 0 Å². The number of anilines is 4. The van der Waals surface area contributed by atoms with Crippen LogP contribution in [0.1, 0.15) is 69.7 Å². The van der Waals surface area contributed by atoms with E-state index < -0.39 is 0 Å². The lowest BCUT2D eigenvalue weighted by Crippen LogP contribution is -2.39. The summed E-state index contributed by atoms with van der Waals surface area (Å²) >= 11 is 1.28. The van der Waals surface area contributed by atoms with Crippen LogP contribution in [-0.2, 0) is 45.1 Å². The maximum absolute atomic E-state index is 14.3. The van der Waals surface area contributed by atoms with E-state index >= 15 is 0 Å². The number of carbonyl (C=O) groups is 3. The molecule has 9 rings (SSSR count). The highest BCUT2D eigenvalue weighted by molar-refractivity contribution is 8.77. The van der Waals surface area contributed by atoms with E-state index in [-0.39, 0.29) is 47.0 Å². The van der Waals surface area contributed by atoms with Crippen LogP contribution in [0.15, 0.2) is 96.0 Å². The molecule has 1 N–H and O–H groups in total. The topological polar surface area (TPSA) is 150 Å². The Bertz CT molecular complexity index is 2920. The van der Waals surface area contributed by atoms with E-state index in [1.54, 1.807) is 50.3 Å². The smallest absolute Gasteiger partial charge is 0.261 e. The van der Waals surface area contributed by atoms with Gasteiger partial charge in [-0.05, 0) is 97.7 Å². The minimum Gasteiger partial charge on any atom is -0.493 e. The van der Waals surface area contributed by atoms with Gasteiger partial charge in [-0.3, -0.25) is 24.3 Å². The molecule has 0 bridgehead atoms. The lowest BCUT2D eigenvalue weighted by molar-refractivity contribution is -0.110. The largest absolute Gasteiger partial charge is 0.493 e. The van der Waals surface area contributed by atoms with Gasteiger partial charge in [0.15, 0.2) is 28.1 Å². The zero-order valence-electron chi connectivity index (χ0n) is 44.1. The average molecular weight is 1090 g/mol. The summed E-state index contributed by atoms with van der Waals surface area (Å²) in [4.78, 5) is 51.4. The van der Waals surface area contributed by atoms with Crippen LogP contribution in [0.2, 0.25) is 0 Å². The van der Waals surface area contributed by atoms with E-state index in [1.165, 1.54) is 11.8 Å². The molecular weight excluding hydrogens is 1020 g/mol. The van der Waals surface area contributed by atoms with Crippen molar-refractivity contribution in [2.24, 2.45) is 4.99 Å². The second-order valence-corrected chi connectivity index (χ2v) is 23.5. The summed E-state index contributed by atoms with van der Waals surface area (Å²) in [6, 6.07) is 29.3. The number of nitrogens with one attached hydrogen (secondary N) is 1. The predicted molar refractivity (Wildman–Crippen MR) is 307 cm³/mol. The van der Waals surface area contributed by atoms with E-state index in [2.05, 4.69) is 54.4 Å². The second-order valence-electron chi connectivity index (χ2n) is 19.5. The minimum atomic E-state index is -0.221. The average Bonchev–Trinajstić information content (AvgIpc) is 3.93. The summed E-state index contributed by atoms with van der Waals surface area (Å²) < 4.78 is 41.9. The number of benzene rings is 5. The molecule has 4 aliphatic rings. The summed E-state index contributed by atoms with van der Waals surface area (Å²) in [7, 11) is 8.40. The van der Waals surface area contributed by atoms with Crippen molar-refractivity contribution < 1.29 is 47.5 Å². The number of para-hydroxylation sites is 2. The maximum atomic E-state index is 14.3. The Hall–Kier alpha value is -5.89. The van der Waals surface area contributed by atoms with E-state index in [0.29, 0.717) is 111 Å². The molecule has 5 aromatic carbocycles. The molecule has 4 aliphatic heterocycles. The van der Waals surface area contributed by atoms with Crippen LogP contribution in [-0.4, -0.2) is 126 Å². The van der Waals surface area contributed by atoms with Crippen molar-refractivity contribution in [3.8, 4) is 23.0 Å². The molecule has 0 saturated carbocycles. The van der Waals surface area contributed by atoms with Gasteiger partial charge < -0.3 is 48.3 Å². The summed E-state index contributed by atoms with van der Waals surface area (Å²) in [5, 5.41) is 3.76. The first-order valence-electron chi connectivity index (χ1n) is 25.7. The minimum absolute atomic E-state index is 0.0203. The van der Waals surface area contributed by atoms with E-state index in [0.717, 1.165) is 57.9 Å². The first-order valence-corrected chi connectivity index (χ1v) is 29.2. The van der Waals surface area contributed by atoms with Crippen LogP contribution in [0.5, 0.6) is 23.0 Å². The zero-order valence-corrected chi connectivity index (χ0v) is 46.5. The molecule has 0 saturated heterocycles. The third-order valence-corrected chi connectivity index (χ3v) is 17.7. The monoisotopic (exact) mass is 1090 g/mol. The van der Waals surface area contributed by atoms with Crippen molar-refractivity contribution in [2.75, 3.05) is 106 Å². The number of hydrogen-bond acceptors (Lipinski definition) is 16. The Morgan fingerprint density at radius 3 is 2.08 bits per heavy atom. The number of ether oxygens (including phenoxy) is 7. The molecule has 2 amide bonds. The maximum Gasteiger partial charge on any atom is 0.261 e. The molecule has 5 aromatic rings. The SMILES string of the molecule is COCCOCCOCCN(CC(C)(C)SSCCCC(=O)SC)c1cc(COc2cc3c(cc2OC)C(=O)N2c4ccccc4C[C@H]2C=N3)cc(COc2cc3c(cc2OC)C(=O)N2c4ccccc4C[C@H]2CN3)c1. The predicted octanol–water partition coefficient (Wildman–Crippen LogP) is 10.5.